The lowest BCUT2D eigenvalue weighted by atomic mass is 10.1. The second-order valence-corrected chi connectivity index (χ2v) is 8.88. The molecule has 4 heterocycles. The van der Waals surface area contributed by atoms with E-state index in [4.69, 9.17) is 16.3 Å². The van der Waals surface area contributed by atoms with E-state index in [1.54, 1.807) is 9.42 Å². The van der Waals surface area contributed by atoms with Gasteiger partial charge in [-0.1, -0.05) is 11.6 Å². The van der Waals surface area contributed by atoms with Crippen LogP contribution in [0.5, 0.6) is 5.75 Å². The third-order valence-electron chi connectivity index (χ3n) is 6.11. The predicted octanol–water partition coefficient (Wildman–Crippen LogP) is 2.35. The van der Waals surface area contributed by atoms with Gasteiger partial charge in [0, 0.05) is 24.7 Å². The van der Waals surface area contributed by atoms with Gasteiger partial charge < -0.3 is 14.7 Å². The molecule has 3 aromatic rings. The summed E-state index contributed by atoms with van der Waals surface area (Å²) in [5.41, 5.74) is 4.07. The van der Waals surface area contributed by atoms with Crippen molar-refractivity contribution in [2.75, 3.05) is 20.1 Å². The van der Waals surface area contributed by atoms with Crippen LogP contribution in [0, 0.1) is 19.7 Å². The van der Waals surface area contributed by atoms with Crippen LogP contribution < -0.4 is 4.74 Å². The summed E-state index contributed by atoms with van der Waals surface area (Å²) in [6, 6.07) is 3.86. The number of carbonyl (C=O) groups excluding carboxylic acids is 1. The molecule has 2 aliphatic heterocycles. The molecule has 0 radical (unpaired) electrons. The summed E-state index contributed by atoms with van der Waals surface area (Å²) >= 11 is 6.30. The van der Waals surface area contributed by atoms with Crippen LogP contribution in [0.2, 0.25) is 5.02 Å². The van der Waals surface area contributed by atoms with E-state index < -0.39 is 18.0 Å². The van der Waals surface area contributed by atoms with Crippen LogP contribution in [0.15, 0.2) is 18.2 Å². The number of aryl methyl sites for hydroxylation is 2. The minimum absolute atomic E-state index is 0.129. The molecule has 10 heteroatoms. The SMILES string of the molecule is Cc1nc2c3c(nn2c(C)c1Cl)CN(C(=O)c1ccc(F)cc1O[C@H]1CN(C)C[C@@H]1O)C3. The van der Waals surface area contributed by atoms with Gasteiger partial charge in [0.15, 0.2) is 5.65 Å². The number of aliphatic hydroxyl groups is 1. The molecule has 1 amide bonds. The first-order chi connectivity index (χ1) is 15.2. The van der Waals surface area contributed by atoms with Crippen molar-refractivity contribution in [1.29, 1.82) is 0 Å². The number of amides is 1. The van der Waals surface area contributed by atoms with Gasteiger partial charge >= 0.3 is 0 Å². The fraction of sp³-hybridized carbons (Fsp3) is 0.409. The van der Waals surface area contributed by atoms with E-state index in [2.05, 4.69) is 10.1 Å². The summed E-state index contributed by atoms with van der Waals surface area (Å²) in [6.45, 7) is 5.30. The van der Waals surface area contributed by atoms with Crippen molar-refractivity contribution in [2.45, 2.75) is 39.1 Å². The predicted molar refractivity (Wildman–Crippen MR) is 115 cm³/mol. The lowest BCUT2D eigenvalue weighted by molar-refractivity contribution is 0.0666. The topological polar surface area (TPSA) is 83.2 Å². The number of ether oxygens (including phenoxy) is 1. The average Bonchev–Trinajstić information content (AvgIpc) is 3.39. The molecule has 2 atom stereocenters. The molecular weight excluding hydrogens is 437 g/mol. The first-order valence-corrected chi connectivity index (χ1v) is 10.8. The molecule has 0 spiro atoms. The van der Waals surface area contributed by atoms with E-state index in [0.717, 1.165) is 17.0 Å². The van der Waals surface area contributed by atoms with Gasteiger partial charge in [0.2, 0.25) is 0 Å². The van der Waals surface area contributed by atoms with Crippen molar-refractivity contribution in [3.05, 3.63) is 57.2 Å². The van der Waals surface area contributed by atoms with Crippen molar-refractivity contribution < 1.29 is 19.0 Å². The van der Waals surface area contributed by atoms with Crippen molar-refractivity contribution in [2.24, 2.45) is 0 Å². The molecule has 0 saturated carbocycles. The zero-order valence-electron chi connectivity index (χ0n) is 18.0. The minimum Gasteiger partial charge on any atom is -0.485 e. The van der Waals surface area contributed by atoms with E-state index in [-0.39, 0.29) is 17.2 Å². The molecule has 0 aliphatic carbocycles. The average molecular weight is 460 g/mol. The van der Waals surface area contributed by atoms with Crippen LogP contribution in [0.1, 0.15) is 33.0 Å². The fourth-order valence-corrected chi connectivity index (χ4v) is 4.54. The second-order valence-electron chi connectivity index (χ2n) is 8.50. The molecule has 2 aromatic heterocycles. The number of hydrogen-bond donors (Lipinski definition) is 1. The van der Waals surface area contributed by atoms with Crippen molar-refractivity contribution in [3.63, 3.8) is 0 Å². The first kappa shape index (κ1) is 21.1. The fourth-order valence-electron chi connectivity index (χ4n) is 4.42. The number of aromatic nitrogens is 3. The lowest BCUT2D eigenvalue weighted by Crippen LogP contribution is -2.32. The number of carbonyl (C=O) groups is 1. The highest BCUT2D eigenvalue weighted by molar-refractivity contribution is 6.31. The van der Waals surface area contributed by atoms with Gasteiger partial charge in [0.25, 0.3) is 5.91 Å². The van der Waals surface area contributed by atoms with Crippen LogP contribution >= 0.6 is 11.6 Å². The standard InChI is InChI=1S/C22H23ClFN5O3/c1-11-20(23)12(2)29-21(25-11)15-7-28(8-16(15)26-29)22(31)14-5-4-13(24)6-18(14)32-19-10-27(3)9-17(19)30/h4-6,17,19,30H,7-10H2,1-3H3/t17-,19-/m0/s1. The van der Waals surface area contributed by atoms with Gasteiger partial charge in [-0.2, -0.15) is 5.10 Å². The molecule has 1 N–H and O–H groups in total. The molecule has 5 rings (SSSR count). The number of β-amino-alcohol motifs (C(OH)–C–C–N with tert-alkyl or cyclic N) is 1. The highest BCUT2D eigenvalue weighted by Gasteiger charge is 2.34. The van der Waals surface area contributed by atoms with Crippen LogP contribution in [0.4, 0.5) is 4.39 Å². The number of rotatable bonds is 3. The van der Waals surface area contributed by atoms with Crippen molar-refractivity contribution in [3.8, 4) is 5.75 Å². The van der Waals surface area contributed by atoms with Gasteiger partial charge in [-0.15, -0.1) is 0 Å². The Bertz CT molecular complexity index is 1250. The first-order valence-electron chi connectivity index (χ1n) is 10.4. The number of halogens is 2. The number of likely N-dealkylation sites (tertiary alicyclic amines) is 1. The quantitative estimate of drug-likeness (QED) is 0.647. The summed E-state index contributed by atoms with van der Waals surface area (Å²) in [4.78, 5) is 21.5. The molecular formula is C22H23ClFN5O3. The Morgan fingerprint density at radius 2 is 2.06 bits per heavy atom. The van der Waals surface area contributed by atoms with Crippen molar-refractivity contribution in [1.82, 2.24) is 24.4 Å². The molecule has 1 saturated heterocycles. The Kier molecular flexibility index (Phi) is 5.07. The van der Waals surface area contributed by atoms with E-state index in [1.807, 2.05) is 25.8 Å². The van der Waals surface area contributed by atoms with Crippen molar-refractivity contribution >= 4 is 23.2 Å². The molecule has 0 unspecified atom stereocenters. The highest BCUT2D eigenvalue weighted by Crippen LogP contribution is 2.32. The van der Waals surface area contributed by atoms with Crippen LogP contribution in [-0.4, -0.2) is 67.8 Å². The van der Waals surface area contributed by atoms with Gasteiger partial charge in [-0.25, -0.2) is 13.9 Å². The lowest BCUT2D eigenvalue weighted by Gasteiger charge is -2.21. The maximum Gasteiger partial charge on any atom is 0.258 e. The monoisotopic (exact) mass is 459 g/mol. The number of nitrogens with zero attached hydrogens (tertiary/aromatic N) is 5. The summed E-state index contributed by atoms with van der Waals surface area (Å²) in [7, 11) is 1.87. The second kappa shape index (κ2) is 7.68. The summed E-state index contributed by atoms with van der Waals surface area (Å²) < 4.78 is 21.6. The molecule has 1 fully saturated rings. The summed E-state index contributed by atoms with van der Waals surface area (Å²) in [5, 5.41) is 15.4. The Morgan fingerprint density at radius 1 is 1.28 bits per heavy atom. The smallest absolute Gasteiger partial charge is 0.258 e. The molecule has 168 valence electrons. The number of benzene rings is 1. The number of fused-ring (bicyclic) bond motifs is 3. The maximum absolute atomic E-state index is 14.0. The Morgan fingerprint density at radius 3 is 2.78 bits per heavy atom. The molecule has 32 heavy (non-hydrogen) atoms. The highest BCUT2D eigenvalue weighted by atomic mass is 35.5. The number of likely N-dealkylation sites (N-methyl/N-ethyl adjacent to an activating group) is 1. The van der Waals surface area contributed by atoms with Gasteiger partial charge in [0.1, 0.15) is 23.8 Å². The normalized spacial score (nSPS) is 20.9. The summed E-state index contributed by atoms with van der Waals surface area (Å²) in [6.07, 6.45) is -1.24. The van der Waals surface area contributed by atoms with Crippen LogP contribution in [-0.2, 0) is 13.1 Å². The Hall–Kier alpha value is -2.75. The maximum atomic E-state index is 14.0. The largest absolute Gasteiger partial charge is 0.485 e. The Labute approximate surface area is 189 Å². The van der Waals surface area contributed by atoms with Gasteiger partial charge in [-0.3, -0.25) is 9.69 Å². The molecule has 2 aliphatic rings. The zero-order chi connectivity index (χ0) is 22.7. The third-order valence-corrected chi connectivity index (χ3v) is 6.66. The van der Waals surface area contributed by atoms with Gasteiger partial charge in [-0.05, 0) is 33.0 Å². The number of aliphatic hydroxyl groups excluding tert-OH is 1. The molecule has 1 aromatic carbocycles. The van der Waals surface area contributed by atoms with E-state index in [0.29, 0.717) is 42.5 Å². The third kappa shape index (κ3) is 3.41. The van der Waals surface area contributed by atoms with E-state index in [1.165, 1.54) is 18.2 Å². The van der Waals surface area contributed by atoms with E-state index in [9.17, 15) is 14.3 Å². The summed E-state index contributed by atoms with van der Waals surface area (Å²) in [5.74, 6) is -0.670. The molecule has 8 nitrogen and oxygen atoms in total. The van der Waals surface area contributed by atoms with Crippen LogP contribution in [0.25, 0.3) is 5.65 Å². The van der Waals surface area contributed by atoms with Gasteiger partial charge in [0.05, 0.1) is 40.8 Å². The zero-order valence-corrected chi connectivity index (χ0v) is 18.7. The van der Waals surface area contributed by atoms with Crippen LogP contribution in [0.3, 0.4) is 0 Å². The molecule has 0 bridgehead atoms. The number of hydrogen-bond acceptors (Lipinski definition) is 6. The van der Waals surface area contributed by atoms with E-state index >= 15 is 0 Å². The minimum atomic E-state index is -0.708. The Balaban J connectivity index is 1.43.